The maximum absolute atomic E-state index is 12.9. The average molecular weight is 623 g/mol. The van der Waals surface area contributed by atoms with Crippen LogP contribution in [0.1, 0.15) is 17.3 Å². The van der Waals surface area contributed by atoms with Crippen molar-refractivity contribution in [3.8, 4) is 0 Å². The Labute approximate surface area is 259 Å². The number of thioether (sulfide) groups is 1. The lowest BCUT2D eigenvalue weighted by Crippen LogP contribution is -2.33. The van der Waals surface area contributed by atoms with Crippen molar-refractivity contribution in [3.63, 3.8) is 0 Å². The zero-order chi connectivity index (χ0) is 30.3. The topological polar surface area (TPSA) is 80.3 Å². The Hall–Kier alpha value is -3.00. The van der Waals surface area contributed by atoms with E-state index in [2.05, 4.69) is 48.5 Å². The van der Waals surface area contributed by atoms with E-state index in [0.29, 0.717) is 38.6 Å². The quantitative estimate of drug-likeness (QED) is 0.100. The van der Waals surface area contributed by atoms with Gasteiger partial charge in [0.15, 0.2) is 0 Å². The van der Waals surface area contributed by atoms with Crippen molar-refractivity contribution >= 4 is 47.5 Å². The first kappa shape index (κ1) is 32.9. The number of carbonyl (C=O) groups is 2. The van der Waals surface area contributed by atoms with Gasteiger partial charge in [0.2, 0.25) is 0 Å². The van der Waals surface area contributed by atoms with E-state index in [0.717, 1.165) is 5.30 Å². The lowest BCUT2D eigenvalue weighted by molar-refractivity contribution is -0.145. The number of methoxy groups -OCH3 is 1. The van der Waals surface area contributed by atoms with E-state index in [-0.39, 0.29) is 41.6 Å². The van der Waals surface area contributed by atoms with E-state index in [1.807, 2.05) is 55.5 Å². The number of carbonyl (C=O) groups excluding carboxylic acids is 2. The van der Waals surface area contributed by atoms with Gasteiger partial charge in [-0.05, 0) is 41.9 Å². The summed E-state index contributed by atoms with van der Waals surface area (Å²) in [5.74, 6) is -0.663. The maximum Gasteiger partial charge on any atom is 0.338 e. The molecule has 0 amide bonds. The van der Waals surface area contributed by atoms with Crippen LogP contribution in [0, 0.1) is 5.92 Å². The minimum atomic E-state index is -0.749. The lowest BCUT2D eigenvalue weighted by atomic mass is 10.1. The van der Waals surface area contributed by atoms with Crippen molar-refractivity contribution in [2.75, 3.05) is 53.4 Å². The van der Waals surface area contributed by atoms with E-state index in [1.165, 1.54) is 22.4 Å². The maximum atomic E-state index is 12.9. The summed E-state index contributed by atoms with van der Waals surface area (Å²) in [5, 5.41) is 3.14. The summed E-state index contributed by atoms with van der Waals surface area (Å²) < 4.78 is 26.8. The largest absolute Gasteiger partial charge is 0.462 e. The van der Waals surface area contributed by atoms with E-state index >= 15 is 0 Å². The SMILES string of the molecule is COCCOCCOCCOC(=O)C1SC(COC(=O)c2ccc(P(c3ccccc3)c3ccccc3)cc2)C=CC1C. The minimum absolute atomic E-state index is 0.0104. The smallest absolute Gasteiger partial charge is 0.338 e. The van der Waals surface area contributed by atoms with E-state index < -0.39 is 7.92 Å². The van der Waals surface area contributed by atoms with Gasteiger partial charge in [0.05, 0.1) is 43.8 Å². The van der Waals surface area contributed by atoms with Crippen LogP contribution in [-0.4, -0.2) is 75.8 Å². The first-order valence-corrected chi connectivity index (χ1v) is 16.7. The number of allylic oxidation sites excluding steroid dienone is 1. The molecule has 1 aliphatic rings. The van der Waals surface area contributed by atoms with Gasteiger partial charge in [-0.25, -0.2) is 4.79 Å². The molecule has 0 N–H and O–H groups in total. The summed E-state index contributed by atoms with van der Waals surface area (Å²) in [6, 6.07) is 28.6. The van der Waals surface area contributed by atoms with Crippen LogP contribution in [0.4, 0.5) is 0 Å². The Balaban J connectivity index is 1.25. The van der Waals surface area contributed by atoms with Crippen molar-refractivity contribution in [2.45, 2.75) is 17.4 Å². The second-order valence-electron chi connectivity index (χ2n) is 9.88. The third kappa shape index (κ3) is 10.3. The van der Waals surface area contributed by atoms with Crippen molar-refractivity contribution < 1.29 is 33.3 Å². The van der Waals surface area contributed by atoms with Crippen LogP contribution in [0.5, 0.6) is 0 Å². The van der Waals surface area contributed by atoms with Gasteiger partial charge in [0.25, 0.3) is 0 Å². The van der Waals surface area contributed by atoms with E-state index in [9.17, 15) is 9.59 Å². The third-order valence-corrected chi connectivity index (χ3v) is 10.7. The van der Waals surface area contributed by atoms with Crippen LogP contribution < -0.4 is 15.9 Å². The molecule has 0 spiro atoms. The lowest BCUT2D eigenvalue weighted by Gasteiger charge is -2.27. The van der Waals surface area contributed by atoms with Crippen LogP contribution in [0.3, 0.4) is 0 Å². The van der Waals surface area contributed by atoms with Gasteiger partial charge in [-0.3, -0.25) is 4.79 Å². The highest BCUT2D eigenvalue weighted by Gasteiger charge is 2.32. The second kappa shape index (κ2) is 18.0. The molecule has 0 saturated carbocycles. The molecule has 0 radical (unpaired) electrons. The fraction of sp³-hybridized carbons (Fsp3) is 0.353. The number of esters is 2. The molecular weight excluding hydrogens is 583 g/mol. The average Bonchev–Trinajstić information content (AvgIpc) is 3.05. The van der Waals surface area contributed by atoms with Crippen LogP contribution in [-0.2, 0) is 28.5 Å². The van der Waals surface area contributed by atoms with Gasteiger partial charge >= 0.3 is 11.9 Å². The highest BCUT2D eigenvalue weighted by atomic mass is 32.2. The molecule has 3 aromatic carbocycles. The Bertz CT molecular complexity index is 1250. The summed E-state index contributed by atoms with van der Waals surface area (Å²) in [4.78, 5) is 25.7. The van der Waals surface area contributed by atoms with Crippen LogP contribution in [0.2, 0.25) is 0 Å². The number of ether oxygens (including phenoxy) is 5. The van der Waals surface area contributed by atoms with Crippen molar-refractivity contribution in [2.24, 2.45) is 5.92 Å². The summed E-state index contributed by atoms with van der Waals surface area (Å²) >= 11 is 1.46. The van der Waals surface area contributed by atoms with Gasteiger partial charge in [-0.1, -0.05) is 91.9 Å². The van der Waals surface area contributed by atoms with Crippen LogP contribution >= 0.6 is 19.7 Å². The van der Waals surface area contributed by atoms with Crippen molar-refractivity contribution in [1.82, 2.24) is 0 Å². The molecule has 4 rings (SSSR count). The fourth-order valence-corrected chi connectivity index (χ4v) is 7.96. The number of hydrogen-bond acceptors (Lipinski definition) is 8. The molecule has 0 fully saturated rings. The molecule has 7 nitrogen and oxygen atoms in total. The highest BCUT2D eigenvalue weighted by Crippen LogP contribution is 2.33. The standard InChI is InChI=1S/C34H39O7PS/c1-26-13-18-31(43-32(26)34(36)40-24-23-39-22-21-38-20-19-37-2)25-41-33(35)27-14-16-30(17-15-27)42(28-9-5-3-6-10-28)29-11-7-4-8-12-29/h3-18,26,31-32H,19-25H2,1-2H3. The van der Waals surface area contributed by atoms with Gasteiger partial charge in [0, 0.05) is 7.11 Å². The molecule has 1 aliphatic heterocycles. The Morgan fingerprint density at radius 3 is 1.86 bits per heavy atom. The molecular formula is C34H39O7PS. The predicted octanol–water partition coefficient (Wildman–Crippen LogP) is 4.50. The zero-order valence-electron chi connectivity index (χ0n) is 24.6. The first-order chi connectivity index (χ1) is 21.1. The predicted molar refractivity (Wildman–Crippen MR) is 173 cm³/mol. The van der Waals surface area contributed by atoms with Crippen LogP contribution in [0.25, 0.3) is 0 Å². The molecule has 0 saturated heterocycles. The summed E-state index contributed by atoms with van der Waals surface area (Å²) in [6.45, 7) is 4.59. The van der Waals surface area contributed by atoms with Gasteiger partial charge in [-0.2, -0.15) is 0 Å². The summed E-state index contributed by atoms with van der Waals surface area (Å²) in [5.41, 5.74) is 0.498. The minimum Gasteiger partial charge on any atom is -0.462 e. The van der Waals surface area contributed by atoms with Crippen molar-refractivity contribution in [3.05, 3.63) is 103 Å². The summed E-state index contributed by atoms with van der Waals surface area (Å²) in [7, 11) is 0.875. The second-order valence-corrected chi connectivity index (χ2v) is 13.5. The molecule has 9 heteroatoms. The first-order valence-electron chi connectivity index (χ1n) is 14.4. The summed E-state index contributed by atoms with van der Waals surface area (Å²) in [6.07, 6.45) is 3.98. The van der Waals surface area contributed by atoms with Gasteiger partial charge < -0.3 is 23.7 Å². The van der Waals surface area contributed by atoms with Crippen LogP contribution in [0.15, 0.2) is 97.1 Å². The number of rotatable bonds is 16. The van der Waals surface area contributed by atoms with Gasteiger partial charge in [-0.15, -0.1) is 11.8 Å². The molecule has 3 aromatic rings. The fourth-order valence-electron chi connectivity index (χ4n) is 4.46. The van der Waals surface area contributed by atoms with E-state index in [1.54, 1.807) is 7.11 Å². The molecule has 3 atom stereocenters. The molecule has 0 aromatic heterocycles. The molecule has 3 unspecified atom stereocenters. The molecule has 0 bridgehead atoms. The molecule has 43 heavy (non-hydrogen) atoms. The Morgan fingerprint density at radius 1 is 0.698 bits per heavy atom. The molecule has 228 valence electrons. The normalized spacial score (nSPS) is 18.0. The molecule has 1 heterocycles. The number of benzene rings is 3. The van der Waals surface area contributed by atoms with Gasteiger partial charge in [0.1, 0.15) is 18.5 Å². The Kier molecular flexibility index (Phi) is 13.7. The highest BCUT2D eigenvalue weighted by molar-refractivity contribution is 8.01. The number of hydrogen-bond donors (Lipinski definition) is 0. The monoisotopic (exact) mass is 622 g/mol. The Morgan fingerprint density at radius 2 is 1.26 bits per heavy atom. The zero-order valence-corrected chi connectivity index (χ0v) is 26.3. The third-order valence-electron chi connectivity index (χ3n) is 6.71. The van der Waals surface area contributed by atoms with Crippen molar-refractivity contribution in [1.29, 1.82) is 0 Å². The molecule has 0 aliphatic carbocycles. The van der Waals surface area contributed by atoms with E-state index in [4.69, 9.17) is 23.7 Å².